The number of carbonyl (C=O) groups excluding carboxylic acids is 2. The number of anilines is 1. The monoisotopic (exact) mass is 363 g/mol. The Morgan fingerprint density at radius 3 is 2.22 bits per heavy atom. The zero-order chi connectivity index (χ0) is 20.0. The number of pyridine rings is 1. The lowest BCUT2D eigenvalue weighted by molar-refractivity contribution is -0.111. The molecule has 0 aliphatic carbocycles. The lowest BCUT2D eigenvalue weighted by atomic mass is 10.0. The molecule has 1 aromatic carbocycles. The Bertz CT molecular complexity index is 901. The number of nitrogens with one attached hydrogen (secondary N) is 2. The molecule has 0 saturated carbocycles. The number of carbonyl (C=O) groups is 2. The Hall–Kier alpha value is -3.66. The van der Waals surface area contributed by atoms with Crippen LogP contribution in [-0.2, 0) is 4.79 Å². The molecule has 0 fully saturated rings. The van der Waals surface area contributed by atoms with Crippen molar-refractivity contribution in [1.29, 1.82) is 5.26 Å². The molecule has 0 aliphatic rings. The smallest absolute Gasteiger partial charge is 0.258 e. The first-order valence-electron chi connectivity index (χ1n) is 8.26. The quantitative estimate of drug-likeness (QED) is 0.720. The SMILES string of the molecule is CC(C)(C)NC(=O)c1ccc(NC(=O)C(=CN)c2ccc(C#N)cc2)nc1. The highest BCUT2D eigenvalue weighted by atomic mass is 16.2. The van der Waals surface area contributed by atoms with Gasteiger partial charge in [-0.2, -0.15) is 5.26 Å². The molecule has 2 rings (SSSR count). The molecule has 0 bridgehead atoms. The summed E-state index contributed by atoms with van der Waals surface area (Å²) in [6, 6.07) is 11.6. The lowest BCUT2D eigenvalue weighted by Crippen LogP contribution is -2.40. The van der Waals surface area contributed by atoms with Crippen LogP contribution in [0.4, 0.5) is 5.82 Å². The summed E-state index contributed by atoms with van der Waals surface area (Å²) < 4.78 is 0. The van der Waals surface area contributed by atoms with E-state index in [9.17, 15) is 9.59 Å². The van der Waals surface area contributed by atoms with Gasteiger partial charge in [-0.1, -0.05) is 12.1 Å². The molecule has 0 atom stereocenters. The van der Waals surface area contributed by atoms with E-state index in [4.69, 9.17) is 11.0 Å². The molecule has 2 amide bonds. The summed E-state index contributed by atoms with van der Waals surface area (Å²) in [5, 5.41) is 14.3. The van der Waals surface area contributed by atoms with Crippen molar-refractivity contribution in [3.05, 3.63) is 65.5 Å². The van der Waals surface area contributed by atoms with Gasteiger partial charge in [-0.05, 0) is 50.6 Å². The molecule has 1 heterocycles. The van der Waals surface area contributed by atoms with Crippen LogP contribution >= 0.6 is 0 Å². The first-order chi connectivity index (χ1) is 12.7. The number of hydrogen-bond donors (Lipinski definition) is 3. The Kier molecular flexibility index (Phi) is 5.93. The zero-order valence-corrected chi connectivity index (χ0v) is 15.4. The van der Waals surface area contributed by atoms with Gasteiger partial charge in [0.2, 0.25) is 0 Å². The van der Waals surface area contributed by atoms with Crippen molar-refractivity contribution in [2.75, 3.05) is 5.32 Å². The lowest BCUT2D eigenvalue weighted by Gasteiger charge is -2.20. The Labute approximate surface area is 157 Å². The van der Waals surface area contributed by atoms with Gasteiger partial charge in [0.05, 0.1) is 22.8 Å². The van der Waals surface area contributed by atoms with Crippen LogP contribution in [0.5, 0.6) is 0 Å². The standard InChI is InChI=1S/C20H21N5O2/c1-20(2,3)25-18(26)15-8-9-17(23-12-15)24-19(27)16(11-22)14-6-4-13(10-21)5-7-14/h4-9,11-12H,22H2,1-3H3,(H,25,26)(H,23,24,27). The van der Waals surface area contributed by atoms with Gasteiger partial charge in [0.25, 0.3) is 11.8 Å². The molecule has 7 heteroatoms. The maximum atomic E-state index is 12.5. The predicted octanol–water partition coefficient (Wildman–Crippen LogP) is 2.42. The second-order valence-electron chi connectivity index (χ2n) is 6.86. The fourth-order valence-electron chi connectivity index (χ4n) is 2.23. The van der Waals surface area contributed by atoms with Gasteiger partial charge < -0.3 is 16.4 Å². The molecule has 2 aromatic rings. The number of nitriles is 1. The van der Waals surface area contributed by atoms with Crippen LogP contribution in [0.3, 0.4) is 0 Å². The predicted molar refractivity (Wildman–Crippen MR) is 103 cm³/mol. The van der Waals surface area contributed by atoms with E-state index < -0.39 is 5.91 Å². The third-order valence-corrected chi connectivity index (χ3v) is 3.49. The molecule has 0 saturated heterocycles. The molecule has 0 spiro atoms. The first-order valence-corrected chi connectivity index (χ1v) is 8.26. The average Bonchev–Trinajstić information content (AvgIpc) is 2.62. The highest BCUT2D eigenvalue weighted by Gasteiger charge is 2.16. The molecule has 4 N–H and O–H groups in total. The largest absolute Gasteiger partial charge is 0.404 e. The van der Waals surface area contributed by atoms with Crippen LogP contribution in [0, 0.1) is 11.3 Å². The maximum absolute atomic E-state index is 12.5. The minimum atomic E-state index is -0.443. The molecule has 27 heavy (non-hydrogen) atoms. The van der Waals surface area contributed by atoms with Crippen LogP contribution in [-0.4, -0.2) is 22.3 Å². The van der Waals surface area contributed by atoms with Crippen molar-refractivity contribution in [1.82, 2.24) is 10.3 Å². The van der Waals surface area contributed by atoms with Gasteiger partial charge in [0.1, 0.15) is 5.82 Å². The summed E-state index contributed by atoms with van der Waals surface area (Å²) in [5.41, 5.74) is 6.94. The van der Waals surface area contributed by atoms with E-state index in [-0.39, 0.29) is 17.0 Å². The van der Waals surface area contributed by atoms with E-state index >= 15 is 0 Å². The first kappa shape index (κ1) is 19.7. The summed E-state index contributed by atoms with van der Waals surface area (Å²) in [6.45, 7) is 5.66. The minimum Gasteiger partial charge on any atom is -0.404 e. The molecule has 7 nitrogen and oxygen atoms in total. The molecule has 138 valence electrons. The molecule has 0 radical (unpaired) electrons. The van der Waals surface area contributed by atoms with Crippen molar-refractivity contribution in [2.24, 2.45) is 5.73 Å². The number of benzene rings is 1. The van der Waals surface area contributed by atoms with E-state index in [1.54, 1.807) is 36.4 Å². The number of amides is 2. The van der Waals surface area contributed by atoms with E-state index in [1.807, 2.05) is 26.8 Å². The fraction of sp³-hybridized carbons (Fsp3) is 0.200. The van der Waals surface area contributed by atoms with E-state index in [0.29, 0.717) is 22.5 Å². The molecular formula is C20H21N5O2. The third kappa shape index (κ3) is 5.41. The minimum absolute atomic E-state index is 0.243. The molecule has 0 aliphatic heterocycles. The summed E-state index contributed by atoms with van der Waals surface area (Å²) in [4.78, 5) is 28.7. The van der Waals surface area contributed by atoms with Crippen molar-refractivity contribution in [3.63, 3.8) is 0 Å². The van der Waals surface area contributed by atoms with Crippen molar-refractivity contribution < 1.29 is 9.59 Å². The summed E-state index contributed by atoms with van der Waals surface area (Å²) in [5.74, 6) is -0.394. The highest BCUT2D eigenvalue weighted by Crippen LogP contribution is 2.17. The second kappa shape index (κ2) is 8.15. The van der Waals surface area contributed by atoms with Gasteiger partial charge >= 0.3 is 0 Å². The maximum Gasteiger partial charge on any atom is 0.258 e. The molecule has 1 aromatic heterocycles. The number of aromatic nitrogens is 1. The topological polar surface area (TPSA) is 121 Å². The van der Waals surface area contributed by atoms with Crippen molar-refractivity contribution in [3.8, 4) is 6.07 Å². The van der Waals surface area contributed by atoms with Gasteiger partial charge in [0, 0.05) is 17.9 Å². The fourth-order valence-corrected chi connectivity index (χ4v) is 2.23. The Balaban J connectivity index is 2.10. The van der Waals surface area contributed by atoms with Gasteiger partial charge in [0.15, 0.2) is 0 Å². The van der Waals surface area contributed by atoms with E-state index in [0.717, 1.165) is 0 Å². The summed E-state index contributed by atoms with van der Waals surface area (Å²) in [7, 11) is 0. The average molecular weight is 363 g/mol. The van der Waals surface area contributed by atoms with E-state index in [1.165, 1.54) is 12.4 Å². The van der Waals surface area contributed by atoms with Crippen molar-refractivity contribution >= 4 is 23.2 Å². The number of rotatable bonds is 4. The van der Waals surface area contributed by atoms with E-state index in [2.05, 4.69) is 15.6 Å². The number of nitrogens with two attached hydrogens (primary N) is 1. The number of nitrogens with zero attached hydrogens (tertiary/aromatic N) is 2. The van der Waals surface area contributed by atoms with Crippen LogP contribution in [0.15, 0.2) is 48.8 Å². The van der Waals surface area contributed by atoms with Gasteiger partial charge in [-0.3, -0.25) is 9.59 Å². The third-order valence-electron chi connectivity index (χ3n) is 3.49. The molecular weight excluding hydrogens is 342 g/mol. The summed E-state index contributed by atoms with van der Waals surface area (Å²) in [6.07, 6.45) is 2.59. The summed E-state index contributed by atoms with van der Waals surface area (Å²) >= 11 is 0. The van der Waals surface area contributed by atoms with Crippen LogP contribution in [0.1, 0.15) is 42.3 Å². The Morgan fingerprint density at radius 2 is 1.74 bits per heavy atom. The van der Waals surface area contributed by atoms with Crippen LogP contribution in [0.2, 0.25) is 0 Å². The van der Waals surface area contributed by atoms with Crippen LogP contribution < -0.4 is 16.4 Å². The zero-order valence-electron chi connectivity index (χ0n) is 15.4. The second-order valence-corrected chi connectivity index (χ2v) is 6.86. The normalized spacial score (nSPS) is 11.4. The van der Waals surface area contributed by atoms with Crippen molar-refractivity contribution in [2.45, 2.75) is 26.3 Å². The van der Waals surface area contributed by atoms with Gasteiger partial charge in [-0.25, -0.2) is 4.98 Å². The highest BCUT2D eigenvalue weighted by molar-refractivity contribution is 6.25. The number of hydrogen-bond acceptors (Lipinski definition) is 5. The Morgan fingerprint density at radius 1 is 1.11 bits per heavy atom. The van der Waals surface area contributed by atoms with Gasteiger partial charge in [-0.15, -0.1) is 0 Å². The molecule has 0 unspecified atom stereocenters. The van der Waals surface area contributed by atoms with Crippen LogP contribution in [0.25, 0.3) is 5.57 Å².